The van der Waals surface area contributed by atoms with Crippen molar-refractivity contribution in [1.82, 2.24) is 15.3 Å². The number of benzene rings is 3. The smallest absolute Gasteiger partial charge is 0.0480 e. The Bertz CT molecular complexity index is 1400. The van der Waals surface area contributed by atoms with E-state index in [0.29, 0.717) is 12.1 Å². The van der Waals surface area contributed by atoms with E-state index in [1.165, 1.54) is 62.5 Å². The van der Waals surface area contributed by atoms with E-state index in [1.54, 1.807) is 0 Å². The Labute approximate surface area is 188 Å². The van der Waals surface area contributed by atoms with Gasteiger partial charge in [0.15, 0.2) is 0 Å². The molecule has 0 aliphatic heterocycles. The van der Waals surface area contributed by atoms with Crippen molar-refractivity contribution < 1.29 is 0 Å². The number of aromatic nitrogens is 2. The van der Waals surface area contributed by atoms with Crippen LogP contribution < -0.4 is 5.32 Å². The van der Waals surface area contributed by atoms with Gasteiger partial charge in [0.05, 0.1) is 0 Å². The lowest BCUT2D eigenvalue weighted by atomic mass is 9.90. The van der Waals surface area contributed by atoms with Crippen LogP contribution in [0, 0.1) is 0 Å². The minimum Gasteiger partial charge on any atom is -0.357 e. The van der Waals surface area contributed by atoms with Gasteiger partial charge in [0.1, 0.15) is 0 Å². The normalized spacial score (nSPS) is 16.8. The van der Waals surface area contributed by atoms with E-state index in [1.807, 2.05) is 12.4 Å². The molecule has 6 rings (SSSR count). The van der Waals surface area contributed by atoms with E-state index in [9.17, 15) is 0 Å². The number of pyridine rings is 1. The Morgan fingerprint density at radius 3 is 2.69 bits per heavy atom. The molecule has 3 heteroatoms. The number of aryl methyl sites for hydroxylation is 1. The number of nitrogens with one attached hydrogen (secondary N) is 2. The van der Waals surface area contributed by atoms with Crippen LogP contribution in [-0.4, -0.2) is 9.97 Å². The first-order valence-electron chi connectivity index (χ1n) is 11.6. The number of H-pyrrole nitrogens is 1. The van der Waals surface area contributed by atoms with E-state index in [4.69, 9.17) is 0 Å². The Kier molecular flexibility index (Phi) is 4.77. The van der Waals surface area contributed by atoms with Crippen LogP contribution in [0.5, 0.6) is 0 Å². The summed E-state index contributed by atoms with van der Waals surface area (Å²) in [5.41, 5.74) is 7.93. The number of aromatic amines is 1. The van der Waals surface area contributed by atoms with Gasteiger partial charge in [0, 0.05) is 46.5 Å². The average Bonchev–Trinajstić information content (AvgIpc) is 3.23. The first kappa shape index (κ1) is 19.3. The van der Waals surface area contributed by atoms with Crippen molar-refractivity contribution in [2.75, 3.05) is 0 Å². The molecule has 1 unspecified atom stereocenters. The highest BCUT2D eigenvalue weighted by molar-refractivity contribution is 5.92. The number of fused-ring (bicyclic) bond motifs is 4. The van der Waals surface area contributed by atoms with Gasteiger partial charge in [-0.05, 0) is 78.1 Å². The first-order chi connectivity index (χ1) is 15.8. The second kappa shape index (κ2) is 7.92. The van der Waals surface area contributed by atoms with Gasteiger partial charge in [0.2, 0.25) is 0 Å². The number of hydrogen-bond acceptors (Lipinski definition) is 2. The lowest BCUT2D eigenvalue weighted by Crippen LogP contribution is -2.27. The predicted octanol–water partition coefficient (Wildman–Crippen LogP) is 7.11. The molecular weight excluding hydrogens is 390 g/mol. The zero-order valence-corrected chi connectivity index (χ0v) is 18.3. The first-order valence-corrected chi connectivity index (χ1v) is 11.6. The minimum atomic E-state index is 0.320. The summed E-state index contributed by atoms with van der Waals surface area (Å²) < 4.78 is 0. The molecule has 3 aromatic carbocycles. The molecule has 0 amide bonds. The van der Waals surface area contributed by atoms with Crippen LogP contribution in [0.1, 0.15) is 48.7 Å². The number of hydrogen-bond donors (Lipinski definition) is 2. The van der Waals surface area contributed by atoms with Crippen molar-refractivity contribution in [3.63, 3.8) is 0 Å². The van der Waals surface area contributed by atoms with E-state index in [0.717, 1.165) is 6.42 Å². The van der Waals surface area contributed by atoms with Gasteiger partial charge in [-0.25, -0.2) is 0 Å². The molecule has 1 aliphatic rings. The molecule has 2 aromatic heterocycles. The SMILES string of the molecule is C[C@@H](NC1CCCc2c1[nH]c1ccc(-c3ccc4ccncc4c3)cc21)c1ccccc1. The molecule has 0 saturated heterocycles. The lowest BCUT2D eigenvalue weighted by Gasteiger charge is -2.27. The van der Waals surface area contributed by atoms with Gasteiger partial charge < -0.3 is 10.3 Å². The Morgan fingerprint density at radius 2 is 1.78 bits per heavy atom. The molecular formula is C29H27N3. The molecule has 5 aromatic rings. The van der Waals surface area contributed by atoms with Crippen molar-refractivity contribution in [2.45, 2.75) is 38.3 Å². The molecule has 32 heavy (non-hydrogen) atoms. The maximum absolute atomic E-state index is 4.29. The highest BCUT2D eigenvalue weighted by Gasteiger charge is 2.25. The topological polar surface area (TPSA) is 40.7 Å². The van der Waals surface area contributed by atoms with Crippen molar-refractivity contribution in [3.8, 4) is 11.1 Å². The standard InChI is InChI=1S/C29H27N3/c1-19(20-6-3-2-4-7-20)31-28-9-5-8-25-26-17-23(12-13-27(26)32-29(25)28)22-11-10-21-14-15-30-18-24(21)16-22/h2-4,6-7,10-19,28,31-32H,5,8-9H2,1H3/t19-,28?/m1/s1. The molecule has 0 saturated carbocycles. The molecule has 158 valence electrons. The van der Waals surface area contributed by atoms with Crippen molar-refractivity contribution >= 4 is 21.7 Å². The van der Waals surface area contributed by atoms with Gasteiger partial charge in [0.25, 0.3) is 0 Å². The summed E-state index contributed by atoms with van der Waals surface area (Å²) in [4.78, 5) is 8.05. The third-order valence-electron chi connectivity index (χ3n) is 6.93. The maximum Gasteiger partial charge on any atom is 0.0480 e. The number of nitrogens with zero attached hydrogens (tertiary/aromatic N) is 1. The Morgan fingerprint density at radius 1 is 0.938 bits per heavy atom. The fourth-order valence-corrected chi connectivity index (χ4v) is 5.21. The van der Waals surface area contributed by atoms with Crippen molar-refractivity contribution in [2.24, 2.45) is 0 Å². The Balaban J connectivity index is 1.36. The second-order valence-corrected chi connectivity index (χ2v) is 8.96. The Hall–Kier alpha value is -3.43. The largest absolute Gasteiger partial charge is 0.357 e. The fraction of sp³-hybridized carbons (Fsp3) is 0.207. The zero-order chi connectivity index (χ0) is 21.5. The van der Waals surface area contributed by atoms with Crippen LogP contribution >= 0.6 is 0 Å². The molecule has 0 fully saturated rings. The third-order valence-corrected chi connectivity index (χ3v) is 6.93. The molecule has 0 radical (unpaired) electrons. The van der Waals surface area contributed by atoms with Crippen LogP contribution in [0.25, 0.3) is 32.8 Å². The fourth-order valence-electron chi connectivity index (χ4n) is 5.21. The molecule has 0 bridgehead atoms. The number of rotatable bonds is 4. The summed E-state index contributed by atoms with van der Waals surface area (Å²) >= 11 is 0. The third kappa shape index (κ3) is 3.39. The molecule has 2 heterocycles. The van der Waals surface area contributed by atoms with Gasteiger partial charge >= 0.3 is 0 Å². The van der Waals surface area contributed by atoms with Gasteiger partial charge in [-0.1, -0.05) is 48.5 Å². The van der Waals surface area contributed by atoms with Crippen LogP contribution in [0.3, 0.4) is 0 Å². The summed E-state index contributed by atoms with van der Waals surface area (Å²) in [6, 6.07) is 27.0. The van der Waals surface area contributed by atoms with E-state index < -0.39 is 0 Å². The molecule has 3 nitrogen and oxygen atoms in total. The second-order valence-electron chi connectivity index (χ2n) is 8.96. The zero-order valence-electron chi connectivity index (χ0n) is 18.3. The highest BCUT2D eigenvalue weighted by atomic mass is 15.0. The monoisotopic (exact) mass is 417 g/mol. The van der Waals surface area contributed by atoms with Crippen LogP contribution in [0.15, 0.2) is 85.2 Å². The summed E-state index contributed by atoms with van der Waals surface area (Å²) in [7, 11) is 0. The van der Waals surface area contributed by atoms with Gasteiger partial charge in [-0.3, -0.25) is 4.98 Å². The van der Waals surface area contributed by atoms with E-state index >= 15 is 0 Å². The van der Waals surface area contributed by atoms with Crippen LogP contribution in [0.2, 0.25) is 0 Å². The van der Waals surface area contributed by atoms with E-state index in [-0.39, 0.29) is 0 Å². The predicted molar refractivity (Wildman–Crippen MR) is 133 cm³/mol. The summed E-state index contributed by atoms with van der Waals surface area (Å²) in [6.07, 6.45) is 7.31. The summed E-state index contributed by atoms with van der Waals surface area (Å²) in [5.74, 6) is 0. The minimum absolute atomic E-state index is 0.320. The molecule has 0 spiro atoms. The maximum atomic E-state index is 4.29. The molecule has 1 aliphatic carbocycles. The average molecular weight is 418 g/mol. The summed E-state index contributed by atoms with van der Waals surface area (Å²) in [5, 5.41) is 7.65. The molecule has 2 atom stereocenters. The van der Waals surface area contributed by atoms with Crippen LogP contribution in [0.4, 0.5) is 0 Å². The van der Waals surface area contributed by atoms with Crippen molar-refractivity contribution in [1.29, 1.82) is 0 Å². The van der Waals surface area contributed by atoms with Gasteiger partial charge in [-0.2, -0.15) is 0 Å². The van der Waals surface area contributed by atoms with E-state index in [2.05, 4.69) is 95.0 Å². The lowest BCUT2D eigenvalue weighted by molar-refractivity contribution is 0.410. The summed E-state index contributed by atoms with van der Waals surface area (Å²) in [6.45, 7) is 2.26. The van der Waals surface area contributed by atoms with Crippen molar-refractivity contribution in [3.05, 3.63) is 102 Å². The van der Waals surface area contributed by atoms with Gasteiger partial charge in [-0.15, -0.1) is 0 Å². The quantitative estimate of drug-likeness (QED) is 0.327. The molecule has 2 N–H and O–H groups in total. The van der Waals surface area contributed by atoms with Crippen LogP contribution in [-0.2, 0) is 6.42 Å². The highest BCUT2D eigenvalue weighted by Crippen LogP contribution is 2.38.